The van der Waals surface area contributed by atoms with Gasteiger partial charge in [-0.15, -0.1) is 0 Å². The molecule has 2 N–H and O–H groups in total. The van der Waals surface area contributed by atoms with E-state index in [4.69, 9.17) is 5.73 Å². The number of nitrogens with zero attached hydrogens (tertiary/aromatic N) is 2. The summed E-state index contributed by atoms with van der Waals surface area (Å²) in [5.74, 6) is 0.0917. The minimum absolute atomic E-state index is 0.0917. The SMILES string of the molecule is CCN(CC)C(=O)c1ccc(C(=C2CCN(C)CC2)c2cccc(N)c2)cc1. The van der Waals surface area contributed by atoms with Crippen molar-refractivity contribution in [2.75, 3.05) is 39.0 Å². The van der Waals surface area contributed by atoms with Gasteiger partial charge in [-0.3, -0.25) is 4.79 Å². The lowest BCUT2D eigenvalue weighted by Crippen LogP contribution is -2.30. The van der Waals surface area contributed by atoms with Crippen molar-refractivity contribution in [3.63, 3.8) is 0 Å². The van der Waals surface area contributed by atoms with E-state index in [0.717, 1.165) is 61.4 Å². The van der Waals surface area contributed by atoms with Crippen molar-refractivity contribution >= 4 is 17.2 Å². The molecule has 0 atom stereocenters. The molecule has 1 aliphatic rings. The Morgan fingerprint density at radius 2 is 1.57 bits per heavy atom. The molecule has 148 valence electrons. The predicted molar refractivity (Wildman–Crippen MR) is 117 cm³/mol. The van der Waals surface area contributed by atoms with Gasteiger partial charge in [-0.25, -0.2) is 0 Å². The Balaban J connectivity index is 1.99. The predicted octanol–water partition coefficient (Wildman–Crippen LogP) is 4.28. The second kappa shape index (κ2) is 9.07. The number of piperidine rings is 1. The van der Waals surface area contributed by atoms with E-state index in [9.17, 15) is 4.79 Å². The second-order valence-electron chi connectivity index (χ2n) is 7.46. The summed E-state index contributed by atoms with van der Waals surface area (Å²) in [4.78, 5) is 16.9. The third kappa shape index (κ3) is 4.45. The second-order valence-corrected chi connectivity index (χ2v) is 7.46. The average Bonchev–Trinajstić information content (AvgIpc) is 2.71. The lowest BCUT2D eigenvalue weighted by molar-refractivity contribution is 0.0773. The van der Waals surface area contributed by atoms with Gasteiger partial charge in [-0.05, 0) is 74.7 Å². The monoisotopic (exact) mass is 377 g/mol. The van der Waals surface area contributed by atoms with E-state index < -0.39 is 0 Å². The van der Waals surface area contributed by atoms with E-state index in [1.54, 1.807) is 0 Å². The first-order chi connectivity index (χ1) is 13.5. The molecule has 1 fully saturated rings. The molecule has 4 heteroatoms. The first-order valence-corrected chi connectivity index (χ1v) is 10.2. The number of carbonyl (C=O) groups is 1. The van der Waals surface area contributed by atoms with E-state index in [1.165, 1.54) is 11.1 Å². The summed E-state index contributed by atoms with van der Waals surface area (Å²) in [6, 6.07) is 16.2. The zero-order chi connectivity index (χ0) is 20.1. The fraction of sp³-hybridized carbons (Fsp3) is 0.375. The molecule has 28 heavy (non-hydrogen) atoms. The summed E-state index contributed by atoms with van der Waals surface area (Å²) in [6.45, 7) is 7.61. The van der Waals surface area contributed by atoms with Crippen molar-refractivity contribution < 1.29 is 4.79 Å². The van der Waals surface area contributed by atoms with Crippen molar-refractivity contribution in [1.29, 1.82) is 0 Å². The molecule has 3 rings (SSSR count). The van der Waals surface area contributed by atoms with E-state index in [2.05, 4.69) is 36.2 Å². The maximum atomic E-state index is 12.6. The van der Waals surface area contributed by atoms with E-state index in [0.29, 0.717) is 0 Å². The number of hydrogen-bond acceptors (Lipinski definition) is 3. The molecule has 0 unspecified atom stereocenters. The number of rotatable bonds is 5. The highest BCUT2D eigenvalue weighted by atomic mass is 16.2. The van der Waals surface area contributed by atoms with Crippen LogP contribution in [0.1, 0.15) is 48.2 Å². The van der Waals surface area contributed by atoms with Gasteiger partial charge in [0.15, 0.2) is 0 Å². The molecule has 0 saturated carbocycles. The molecule has 1 aliphatic heterocycles. The Bertz CT molecular complexity index is 840. The number of anilines is 1. The van der Waals surface area contributed by atoms with Gasteiger partial charge in [0.25, 0.3) is 5.91 Å². The summed E-state index contributed by atoms with van der Waals surface area (Å²) < 4.78 is 0. The van der Waals surface area contributed by atoms with Crippen LogP contribution in [0.2, 0.25) is 0 Å². The standard InChI is InChI=1S/C24H31N3O/c1-4-27(5-2)24(28)20-11-9-18(10-12-20)23(19-13-15-26(3)16-14-19)21-7-6-8-22(25)17-21/h6-12,17H,4-5,13-16,25H2,1-3H3. The molecule has 0 aliphatic carbocycles. The number of likely N-dealkylation sites (tertiary alicyclic amines) is 1. The smallest absolute Gasteiger partial charge is 0.253 e. The Kier molecular flexibility index (Phi) is 6.53. The van der Waals surface area contributed by atoms with E-state index in [1.807, 2.05) is 43.0 Å². The third-order valence-electron chi connectivity index (χ3n) is 5.59. The molecule has 1 saturated heterocycles. The summed E-state index contributed by atoms with van der Waals surface area (Å²) in [6.07, 6.45) is 2.11. The summed E-state index contributed by atoms with van der Waals surface area (Å²) in [7, 11) is 2.17. The van der Waals surface area contributed by atoms with Gasteiger partial charge in [0.2, 0.25) is 0 Å². The molecule has 1 heterocycles. The Morgan fingerprint density at radius 3 is 2.14 bits per heavy atom. The minimum atomic E-state index is 0.0917. The molecule has 2 aromatic carbocycles. The number of nitrogens with two attached hydrogens (primary N) is 1. The molecule has 0 aromatic heterocycles. The fourth-order valence-electron chi connectivity index (χ4n) is 3.88. The largest absolute Gasteiger partial charge is 0.399 e. The summed E-state index contributed by atoms with van der Waals surface area (Å²) in [5.41, 5.74) is 12.6. The summed E-state index contributed by atoms with van der Waals surface area (Å²) >= 11 is 0. The van der Waals surface area contributed by atoms with Crippen LogP contribution in [0.3, 0.4) is 0 Å². The zero-order valence-corrected chi connectivity index (χ0v) is 17.2. The van der Waals surface area contributed by atoms with E-state index >= 15 is 0 Å². The third-order valence-corrected chi connectivity index (χ3v) is 5.59. The van der Waals surface area contributed by atoms with Crippen LogP contribution < -0.4 is 5.73 Å². The van der Waals surface area contributed by atoms with Gasteiger partial charge in [0, 0.05) is 37.4 Å². The zero-order valence-electron chi connectivity index (χ0n) is 17.2. The highest BCUT2D eigenvalue weighted by molar-refractivity contribution is 5.95. The molecule has 0 bridgehead atoms. The van der Waals surface area contributed by atoms with Crippen LogP contribution in [-0.4, -0.2) is 48.9 Å². The van der Waals surface area contributed by atoms with E-state index in [-0.39, 0.29) is 5.91 Å². The van der Waals surface area contributed by atoms with Crippen LogP contribution in [0.25, 0.3) is 5.57 Å². The number of nitrogen functional groups attached to an aromatic ring is 1. The molecular weight excluding hydrogens is 346 g/mol. The Labute approximate surface area is 168 Å². The lowest BCUT2D eigenvalue weighted by atomic mass is 9.88. The van der Waals surface area contributed by atoms with Gasteiger partial charge in [0.05, 0.1) is 0 Å². The van der Waals surface area contributed by atoms with Gasteiger partial charge in [-0.1, -0.05) is 29.8 Å². The fourth-order valence-corrected chi connectivity index (χ4v) is 3.88. The van der Waals surface area contributed by atoms with Crippen LogP contribution in [0.4, 0.5) is 5.69 Å². The normalized spacial score (nSPS) is 14.8. The molecule has 1 amide bonds. The number of benzene rings is 2. The Morgan fingerprint density at radius 1 is 0.964 bits per heavy atom. The number of amides is 1. The quantitative estimate of drug-likeness (QED) is 0.791. The minimum Gasteiger partial charge on any atom is -0.399 e. The van der Waals surface area contributed by atoms with Crippen LogP contribution in [0.5, 0.6) is 0 Å². The van der Waals surface area contributed by atoms with Gasteiger partial charge in [-0.2, -0.15) is 0 Å². The molecule has 2 aromatic rings. The van der Waals surface area contributed by atoms with Crippen LogP contribution >= 0.6 is 0 Å². The summed E-state index contributed by atoms with van der Waals surface area (Å²) in [5, 5.41) is 0. The van der Waals surface area contributed by atoms with Crippen molar-refractivity contribution in [1.82, 2.24) is 9.80 Å². The first kappa shape index (κ1) is 20.2. The van der Waals surface area contributed by atoms with Gasteiger partial charge in [0.1, 0.15) is 0 Å². The highest BCUT2D eigenvalue weighted by Crippen LogP contribution is 2.33. The van der Waals surface area contributed by atoms with Crippen molar-refractivity contribution in [2.45, 2.75) is 26.7 Å². The number of hydrogen-bond donors (Lipinski definition) is 1. The van der Waals surface area contributed by atoms with Gasteiger partial charge < -0.3 is 15.5 Å². The Hall–Kier alpha value is -2.59. The van der Waals surface area contributed by atoms with Gasteiger partial charge >= 0.3 is 0 Å². The average molecular weight is 378 g/mol. The highest BCUT2D eigenvalue weighted by Gasteiger charge is 2.18. The topological polar surface area (TPSA) is 49.6 Å². The van der Waals surface area contributed by atoms with Crippen molar-refractivity contribution in [2.24, 2.45) is 0 Å². The van der Waals surface area contributed by atoms with Crippen LogP contribution in [0, 0.1) is 0 Å². The molecule has 0 spiro atoms. The maximum Gasteiger partial charge on any atom is 0.253 e. The first-order valence-electron chi connectivity index (χ1n) is 10.2. The number of carbonyl (C=O) groups excluding carboxylic acids is 1. The van der Waals surface area contributed by atoms with Crippen molar-refractivity contribution in [3.05, 3.63) is 70.8 Å². The van der Waals surface area contributed by atoms with Crippen LogP contribution in [-0.2, 0) is 0 Å². The van der Waals surface area contributed by atoms with Crippen molar-refractivity contribution in [3.8, 4) is 0 Å². The lowest BCUT2D eigenvalue weighted by Gasteiger charge is -2.27. The molecule has 0 radical (unpaired) electrons. The molecule has 4 nitrogen and oxygen atoms in total. The maximum absolute atomic E-state index is 12.6. The molecular formula is C24H31N3O. The van der Waals surface area contributed by atoms with Crippen LogP contribution in [0.15, 0.2) is 54.1 Å².